The normalized spacial score (nSPS) is 14.3. The molecule has 11 heteroatoms. The first kappa shape index (κ1) is 33.8. The number of hydrogen-bond donors (Lipinski definition) is 1. The quantitative estimate of drug-likeness (QED) is 0.261. The Morgan fingerprint density at radius 3 is 2.24 bits per heavy atom. The summed E-state index contributed by atoms with van der Waals surface area (Å²) in [5.74, 6) is -0.865. The molecular weight excluding hydrogens is 597 g/mol. The van der Waals surface area contributed by atoms with Crippen molar-refractivity contribution in [3.05, 3.63) is 83.7 Å². The molecular formula is C34H42FN3O6S. The second-order valence-electron chi connectivity index (χ2n) is 11.2. The van der Waals surface area contributed by atoms with Crippen LogP contribution in [-0.2, 0) is 26.2 Å². The van der Waals surface area contributed by atoms with Crippen LogP contribution in [0.4, 0.5) is 10.1 Å². The third kappa shape index (κ3) is 8.13. The van der Waals surface area contributed by atoms with Crippen molar-refractivity contribution in [2.75, 3.05) is 25.1 Å². The van der Waals surface area contributed by atoms with E-state index in [0.29, 0.717) is 12.2 Å². The molecule has 1 fully saturated rings. The lowest BCUT2D eigenvalue weighted by Gasteiger charge is -2.34. The topological polar surface area (TPSA) is 105 Å². The van der Waals surface area contributed by atoms with Crippen LogP contribution < -0.4 is 19.1 Å². The first-order valence-electron chi connectivity index (χ1n) is 15.2. The molecule has 3 aromatic carbocycles. The van der Waals surface area contributed by atoms with E-state index in [2.05, 4.69) is 5.32 Å². The first-order valence-corrected chi connectivity index (χ1v) is 16.7. The minimum Gasteiger partial charge on any atom is -0.493 e. The molecule has 1 N–H and O–H groups in total. The summed E-state index contributed by atoms with van der Waals surface area (Å²) >= 11 is 0. The summed E-state index contributed by atoms with van der Waals surface area (Å²) < 4.78 is 53.8. The average molecular weight is 640 g/mol. The summed E-state index contributed by atoms with van der Waals surface area (Å²) in [6.45, 7) is 3.24. The number of nitrogens with zero attached hydrogens (tertiary/aromatic N) is 2. The van der Waals surface area contributed by atoms with Crippen LogP contribution in [-0.4, -0.2) is 58.0 Å². The minimum atomic E-state index is -4.38. The van der Waals surface area contributed by atoms with Gasteiger partial charge in [-0.2, -0.15) is 0 Å². The summed E-state index contributed by atoms with van der Waals surface area (Å²) in [6.07, 6.45) is 5.30. The molecule has 0 unspecified atom stereocenters. The van der Waals surface area contributed by atoms with Crippen LogP contribution in [0.15, 0.2) is 71.6 Å². The fourth-order valence-electron chi connectivity index (χ4n) is 5.68. The van der Waals surface area contributed by atoms with Gasteiger partial charge in [-0.25, -0.2) is 12.8 Å². The average Bonchev–Trinajstić information content (AvgIpc) is 3.04. The van der Waals surface area contributed by atoms with Gasteiger partial charge in [-0.3, -0.25) is 13.9 Å². The largest absolute Gasteiger partial charge is 0.493 e. The van der Waals surface area contributed by atoms with Crippen LogP contribution in [0.5, 0.6) is 11.5 Å². The minimum absolute atomic E-state index is 0.0388. The van der Waals surface area contributed by atoms with Crippen LogP contribution in [0.2, 0.25) is 0 Å². The first-order chi connectivity index (χ1) is 21.6. The molecule has 0 bridgehead atoms. The number of sulfonamides is 1. The van der Waals surface area contributed by atoms with Gasteiger partial charge in [0.1, 0.15) is 18.4 Å². The maximum atomic E-state index is 14.3. The third-order valence-electron chi connectivity index (χ3n) is 8.28. The van der Waals surface area contributed by atoms with Crippen LogP contribution in [0.1, 0.15) is 56.6 Å². The highest BCUT2D eigenvalue weighted by Gasteiger charge is 2.35. The van der Waals surface area contributed by atoms with E-state index in [-0.39, 0.29) is 34.8 Å². The lowest BCUT2D eigenvalue weighted by molar-refractivity contribution is -0.140. The Balaban J connectivity index is 1.74. The number of nitrogens with one attached hydrogen (secondary N) is 1. The smallest absolute Gasteiger partial charge is 0.264 e. The second kappa shape index (κ2) is 15.2. The van der Waals surface area contributed by atoms with Gasteiger partial charge in [0.15, 0.2) is 11.5 Å². The molecule has 1 aliphatic carbocycles. The number of carbonyl (C=O) groups is 2. The maximum Gasteiger partial charge on any atom is 0.264 e. The zero-order chi connectivity index (χ0) is 32.6. The molecule has 0 aliphatic heterocycles. The SMILES string of the molecule is CC[C@@H](C(=O)NC1CCCCC1)N(Cc1ccccc1C)C(=O)CN(c1ccc(F)cc1)S(=O)(=O)c1ccc(OC)c(OC)c1. The van der Waals surface area contributed by atoms with Gasteiger partial charge in [0.2, 0.25) is 11.8 Å². The van der Waals surface area contributed by atoms with Crippen molar-refractivity contribution in [3.63, 3.8) is 0 Å². The molecule has 0 saturated heterocycles. The van der Waals surface area contributed by atoms with Crippen molar-refractivity contribution in [1.82, 2.24) is 10.2 Å². The zero-order valence-electron chi connectivity index (χ0n) is 26.3. The highest BCUT2D eigenvalue weighted by molar-refractivity contribution is 7.92. The van der Waals surface area contributed by atoms with Gasteiger partial charge in [-0.05, 0) is 73.7 Å². The number of methoxy groups -OCH3 is 2. The van der Waals surface area contributed by atoms with Gasteiger partial charge in [-0.15, -0.1) is 0 Å². The van der Waals surface area contributed by atoms with Crippen molar-refractivity contribution in [2.45, 2.75) is 75.9 Å². The van der Waals surface area contributed by atoms with Crippen LogP contribution in [0.3, 0.4) is 0 Å². The molecule has 45 heavy (non-hydrogen) atoms. The molecule has 3 aromatic rings. The summed E-state index contributed by atoms with van der Waals surface area (Å²) in [5.41, 5.74) is 1.87. The number of hydrogen-bond acceptors (Lipinski definition) is 6. The standard InChI is InChI=1S/C34H42FN3O6S/c1-5-30(34(40)36-27-13-7-6-8-14-27)37(22-25-12-10-9-11-24(25)2)33(39)23-38(28-17-15-26(35)16-18-28)45(41,42)29-19-20-31(43-3)32(21-29)44-4/h9-12,15-21,27,30H,5-8,13-14,22-23H2,1-4H3,(H,36,40)/t30-/m0/s1. The van der Waals surface area contributed by atoms with Gasteiger partial charge in [-0.1, -0.05) is 50.5 Å². The molecule has 0 heterocycles. The monoisotopic (exact) mass is 639 g/mol. The number of ether oxygens (including phenoxy) is 2. The van der Waals surface area contributed by atoms with E-state index in [0.717, 1.165) is 59.7 Å². The molecule has 242 valence electrons. The van der Waals surface area contributed by atoms with Gasteiger partial charge in [0.25, 0.3) is 10.0 Å². The maximum absolute atomic E-state index is 14.3. The van der Waals surface area contributed by atoms with Gasteiger partial charge in [0, 0.05) is 18.7 Å². The van der Waals surface area contributed by atoms with Crippen LogP contribution >= 0.6 is 0 Å². The number of amides is 2. The van der Waals surface area contributed by atoms with E-state index in [1.807, 2.05) is 38.1 Å². The van der Waals surface area contributed by atoms with Crippen molar-refractivity contribution in [2.24, 2.45) is 0 Å². The molecule has 0 aromatic heterocycles. The van der Waals surface area contributed by atoms with Crippen molar-refractivity contribution in [1.29, 1.82) is 0 Å². The number of anilines is 1. The molecule has 1 atom stereocenters. The molecule has 1 aliphatic rings. The number of rotatable bonds is 13. The van der Waals surface area contributed by atoms with E-state index in [9.17, 15) is 22.4 Å². The number of aryl methyl sites for hydroxylation is 1. The van der Waals surface area contributed by atoms with Gasteiger partial charge >= 0.3 is 0 Å². The Labute approximate surface area is 265 Å². The van der Waals surface area contributed by atoms with E-state index in [1.54, 1.807) is 0 Å². The predicted octanol–water partition coefficient (Wildman–Crippen LogP) is 5.60. The summed E-state index contributed by atoms with van der Waals surface area (Å²) in [5, 5.41) is 3.14. The summed E-state index contributed by atoms with van der Waals surface area (Å²) in [7, 11) is -1.55. The van der Waals surface area contributed by atoms with Crippen molar-refractivity contribution in [3.8, 4) is 11.5 Å². The molecule has 0 spiro atoms. The third-order valence-corrected chi connectivity index (χ3v) is 10.0. The molecule has 0 radical (unpaired) electrons. The summed E-state index contributed by atoms with van der Waals surface area (Å²) in [6, 6.07) is 15.8. The number of benzene rings is 3. The molecule has 9 nitrogen and oxygen atoms in total. The second-order valence-corrected chi connectivity index (χ2v) is 13.1. The predicted molar refractivity (Wildman–Crippen MR) is 171 cm³/mol. The Bertz CT molecular complexity index is 1570. The fourth-order valence-corrected chi connectivity index (χ4v) is 7.11. The summed E-state index contributed by atoms with van der Waals surface area (Å²) in [4.78, 5) is 29.3. The molecule has 4 rings (SSSR count). The fraction of sp³-hybridized carbons (Fsp3) is 0.412. The van der Waals surface area contributed by atoms with E-state index in [4.69, 9.17) is 9.47 Å². The van der Waals surface area contributed by atoms with Gasteiger partial charge in [0.05, 0.1) is 24.8 Å². The van der Waals surface area contributed by atoms with E-state index >= 15 is 0 Å². The highest BCUT2D eigenvalue weighted by Crippen LogP contribution is 2.32. The van der Waals surface area contributed by atoms with Crippen molar-refractivity contribution >= 4 is 27.5 Å². The molecule has 2 amide bonds. The Hall–Kier alpha value is -4.12. The van der Waals surface area contributed by atoms with Crippen LogP contribution in [0.25, 0.3) is 0 Å². The lowest BCUT2D eigenvalue weighted by atomic mass is 9.95. The highest BCUT2D eigenvalue weighted by atomic mass is 32.2. The molecule has 1 saturated carbocycles. The van der Waals surface area contributed by atoms with Gasteiger partial charge < -0.3 is 19.7 Å². The lowest BCUT2D eigenvalue weighted by Crippen LogP contribution is -2.54. The number of carbonyl (C=O) groups excluding carboxylic acids is 2. The van der Waals surface area contributed by atoms with Crippen LogP contribution in [0, 0.1) is 12.7 Å². The van der Waals surface area contributed by atoms with E-state index in [1.165, 1.54) is 49.5 Å². The van der Waals surface area contributed by atoms with Crippen molar-refractivity contribution < 1.29 is 31.9 Å². The number of halogens is 1. The zero-order valence-corrected chi connectivity index (χ0v) is 27.1. The Kier molecular flexibility index (Phi) is 11.4. The van der Waals surface area contributed by atoms with E-state index < -0.39 is 34.3 Å². The Morgan fingerprint density at radius 1 is 0.956 bits per heavy atom. The Morgan fingerprint density at radius 2 is 1.62 bits per heavy atom.